The Morgan fingerprint density at radius 1 is 1.12 bits per heavy atom. The van der Waals surface area contributed by atoms with E-state index in [1.807, 2.05) is 18.2 Å². The molecule has 33 heavy (non-hydrogen) atoms. The maximum atomic E-state index is 14.2. The molecule has 4 aromatic rings. The van der Waals surface area contributed by atoms with Gasteiger partial charge in [-0.05, 0) is 71.7 Å². The minimum atomic E-state index is -3.34. The van der Waals surface area contributed by atoms with Crippen molar-refractivity contribution in [2.45, 2.75) is 24.3 Å². The van der Waals surface area contributed by atoms with E-state index >= 15 is 0 Å². The molecule has 0 bridgehead atoms. The first kappa shape index (κ1) is 24.1. The first-order valence-corrected chi connectivity index (χ1v) is 13.6. The lowest BCUT2D eigenvalue weighted by Crippen LogP contribution is -2.17. The largest absolute Gasteiger partial charge is 0.384 e. The molecular weight excluding hydrogens is 551 g/mol. The Labute approximate surface area is 208 Å². The second-order valence-corrected chi connectivity index (χ2v) is 12.3. The van der Waals surface area contributed by atoms with Gasteiger partial charge in [0.15, 0.2) is 9.84 Å². The average molecular weight is 570 g/mol. The molecule has 0 amide bonds. The summed E-state index contributed by atoms with van der Waals surface area (Å²) in [6, 6.07) is 14.9. The molecule has 2 heterocycles. The Balaban J connectivity index is 1.91. The van der Waals surface area contributed by atoms with Crippen molar-refractivity contribution in [3.05, 3.63) is 75.6 Å². The molecule has 2 aromatic carbocycles. The number of hydrogen-bond donors (Lipinski definition) is 1. The van der Waals surface area contributed by atoms with Gasteiger partial charge in [0.1, 0.15) is 22.1 Å². The maximum Gasteiger partial charge on any atom is 0.175 e. The summed E-state index contributed by atoms with van der Waals surface area (Å²) in [4.78, 5) is 1.84. The monoisotopic (exact) mass is 568 g/mol. The molecule has 0 spiro atoms. The van der Waals surface area contributed by atoms with Crippen molar-refractivity contribution in [2.24, 2.45) is 0 Å². The van der Waals surface area contributed by atoms with E-state index < -0.39 is 21.3 Å². The summed E-state index contributed by atoms with van der Waals surface area (Å²) in [6.07, 6.45) is 1.17. The first-order valence-electron chi connectivity index (χ1n) is 9.74. The van der Waals surface area contributed by atoms with Crippen LogP contribution in [-0.2, 0) is 15.4 Å². The Kier molecular flexibility index (Phi) is 6.30. The van der Waals surface area contributed by atoms with Gasteiger partial charge < -0.3 is 5.11 Å². The predicted molar refractivity (Wildman–Crippen MR) is 133 cm³/mol. The topological polar surface area (TPSA) is 72.2 Å². The Morgan fingerprint density at radius 3 is 2.45 bits per heavy atom. The number of aliphatic hydroxyl groups is 1. The Hall–Kier alpha value is -2.04. The molecule has 0 radical (unpaired) electrons. The molecule has 0 fully saturated rings. The van der Waals surface area contributed by atoms with Gasteiger partial charge in [0.25, 0.3) is 0 Å². The normalized spacial score (nSPS) is 12.3. The molecule has 0 unspecified atom stereocenters. The Bertz CT molecular complexity index is 1470. The first-order chi connectivity index (χ1) is 15.4. The lowest BCUT2D eigenvalue weighted by atomic mass is 10.1. The fourth-order valence-corrected chi connectivity index (χ4v) is 6.32. The van der Waals surface area contributed by atoms with Crippen LogP contribution in [-0.4, -0.2) is 29.6 Å². The highest BCUT2D eigenvalue weighted by Crippen LogP contribution is 2.43. The van der Waals surface area contributed by atoms with Crippen LogP contribution in [0.5, 0.6) is 0 Å². The zero-order valence-corrected chi connectivity index (χ0v) is 21.8. The maximum absolute atomic E-state index is 14.2. The summed E-state index contributed by atoms with van der Waals surface area (Å²) in [7, 11) is -3.34. The summed E-state index contributed by atoms with van der Waals surface area (Å²) in [5.74, 6) is -0.582. The number of aromatic nitrogens is 2. The van der Waals surface area contributed by atoms with Crippen molar-refractivity contribution < 1.29 is 17.9 Å². The average Bonchev–Trinajstić information content (AvgIpc) is 3.34. The van der Waals surface area contributed by atoms with E-state index in [4.69, 9.17) is 11.6 Å². The standard InChI is InChI=1S/C23H19BrClFN2O3S2/c1-23(2,29)22-19(24)21(28(27-22)16-9-5-8-15(26)20(16)25)18-11-10-17(32-18)13-6-4-7-14(12-13)33(3,30)31/h4-12,29H,1-3H3. The molecular formula is C23H19BrClFN2O3S2. The summed E-state index contributed by atoms with van der Waals surface area (Å²) in [6.45, 7) is 3.22. The lowest BCUT2D eigenvalue weighted by molar-refractivity contribution is 0.0727. The molecule has 10 heteroatoms. The van der Waals surface area contributed by atoms with Crippen molar-refractivity contribution in [1.82, 2.24) is 9.78 Å². The van der Waals surface area contributed by atoms with Crippen molar-refractivity contribution in [1.29, 1.82) is 0 Å². The van der Waals surface area contributed by atoms with Crippen LogP contribution in [0.2, 0.25) is 5.02 Å². The van der Waals surface area contributed by atoms with Gasteiger partial charge in [-0.1, -0.05) is 29.8 Å². The van der Waals surface area contributed by atoms with Crippen LogP contribution in [0.3, 0.4) is 0 Å². The third kappa shape index (κ3) is 4.65. The second kappa shape index (κ2) is 8.63. The minimum absolute atomic E-state index is 0.0892. The summed E-state index contributed by atoms with van der Waals surface area (Å²) in [5, 5.41) is 15.1. The smallest absolute Gasteiger partial charge is 0.175 e. The van der Waals surface area contributed by atoms with Gasteiger partial charge in [0, 0.05) is 11.1 Å². The second-order valence-electron chi connectivity index (χ2n) is 8.02. The predicted octanol–water partition coefficient (Wildman–Crippen LogP) is 6.45. The van der Waals surface area contributed by atoms with Gasteiger partial charge in [0.2, 0.25) is 0 Å². The fraction of sp³-hybridized carbons (Fsp3) is 0.174. The molecule has 0 saturated carbocycles. The van der Waals surface area contributed by atoms with Crippen LogP contribution >= 0.6 is 38.9 Å². The summed E-state index contributed by atoms with van der Waals surface area (Å²) >= 11 is 11.2. The van der Waals surface area contributed by atoms with Crippen LogP contribution in [0.15, 0.2) is 64.0 Å². The third-order valence-corrected chi connectivity index (χ3v) is 8.33. The van der Waals surface area contributed by atoms with Crippen molar-refractivity contribution in [3.8, 4) is 26.7 Å². The number of hydrogen-bond acceptors (Lipinski definition) is 5. The zero-order chi connectivity index (χ0) is 24.1. The van der Waals surface area contributed by atoms with Gasteiger partial charge in [-0.25, -0.2) is 17.5 Å². The lowest BCUT2D eigenvalue weighted by Gasteiger charge is -2.14. The van der Waals surface area contributed by atoms with Crippen molar-refractivity contribution in [2.75, 3.05) is 6.26 Å². The number of nitrogens with zero attached hydrogens (tertiary/aromatic N) is 2. The molecule has 1 N–H and O–H groups in total. The zero-order valence-electron chi connectivity index (χ0n) is 17.8. The number of benzene rings is 2. The summed E-state index contributed by atoms with van der Waals surface area (Å²) in [5.41, 5.74) is 0.768. The van der Waals surface area contributed by atoms with Gasteiger partial charge >= 0.3 is 0 Å². The van der Waals surface area contributed by atoms with E-state index in [1.165, 1.54) is 34.4 Å². The van der Waals surface area contributed by atoms with E-state index in [0.717, 1.165) is 15.3 Å². The van der Waals surface area contributed by atoms with Crippen LogP contribution in [0.25, 0.3) is 26.7 Å². The highest BCUT2D eigenvalue weighted by molar-refractivity contribution is 9.10. The van der Waals surface area contributed by atoms with Crippen molar-refractivity contribution in [3.63, 3.8) is 0 Å². The van der Waals surface area contributed by atoms with Crippen LogP contribution in [0.4, 0.5) is 4.39 Å². The molecule has 0 aliphatic heterocycles. The molecule has 0 aliphatic carbocycles. The fourth-order valence-electron chi connectivity index (χ4n) is 3.33. The quantitative estimate of drug-likeness (QED) is 0.300. The van der Waals surface area contributed by atoms with Crippen LogP contribution in [0.1, 0.15) is 19.5 Å². The van der Waals surface area contributed by atoms with E-state index in [9.17, 15) is 17.9 Å². The molecule has 0 aliphatic rings. The SMILES string of the molecule is CC(C)(O)c1nn(-c2cccc(F)c2Cl)c(-c2ccc(-c3cccc(S(C)(=O)=O)c3)s2)c1Br. The van der Waals surface area contributed by atoms with Gasteiger partial charge in [-0.15, -0.1) is 11.3 Å². The van der Waals surface area contributed by atoms with E-state index in [1.54, 1.807) is 38.1 Å². The Morgan fingerprint density at radius 2 is 1.79 bits per heavy atom. The number of rotatable bonds is 5. The minimum Gasteiger partial charge on any atom is -0.384 e. The third-order valence-electron chi connectivity index (χ3n) is 4.95. The highest BCUT2D eigenvalue weighted by atomic mass is 79.9. The van der Waals surface area contributed by atoms with Crippen LogP contribution in [0, 0.1) is 5.82 Å². The van der Waals surface area contributed by atoms with Gasteiger partial charge in [-0.2, -0.15) is 5.10 Å². The van der Waals surface area contributed by atoms with E-state index in [2.05, 4.69) is 21.0 Å². The summed E-state index contributed by atoms with van der Waals surface area (Å²) < 4.78 is 40.2. The van der Waals surface area contributed by atoms with Crippen molar-refractivity contribution >= 4 is 48.7 Å². The van der Waals surface area contributed by atoms with Gasteiger partial charge in [-0.3, -0.25) is 0 Å². The van der Waals surface area contributed by atoms with E-state index in [0.29, 0.717) is 21.5 Å². The van der Waals surface area contributed by atoms with Gasteiger partial charge in [0.05, 0.1) is 25.6 Å². The molecule has 0 atom stereocenters. The molecule has 172 valence electrons. The molecule has 4 rings (SSSR count). The number of sulfone groups is 1. The molecule has 5 nitrogen and oxygen atoms in total. The highest BCUT2D eigenvalue weighted by Gasteiger charge is 2.30. The van der Waals surface area contributed by atoms with Crippen LogP contribution < -0.4 is 0 Å². The molecule has 0 saturated heterocycles. The molecule has 2 aromatic heterocycles. The van der Waals surface area contributed by atoms with E-state index in [-0.39, 0.29) is 9.92 Å². The number of thiophene rings is 1. The number of halogens is 3.